The van der Waals surface area contributed by atoms with Crippen molar-refractivity contribution in [2.45, 2.75) is 13.0 Å². The van der Waals surface area contributed by atoms with Gasteiger partial charge >= 0.3 is 0 Å². The first-order chi connectivity index (χ1) is 7.66. The molecule has 0 aliphatic heterocycles. The zero-order valence-electron chi connectivity index (χ0n) is 8.65. The molecule has 5 nitrogen and oxygen atoms in total. The van der Waals surface area contributed by atoms with Crippen molar-refractivity contribution in [2.24, 2.45) is 0 Å². The Labute approximate surface area is 102 Å². The fraction of sp³-hybridized carbons (Fsp3) is 0.333. The third kappa shape index (κ3) is 2.49. The number of rotatable bonds is 4. The van der Waals surface area contributed by atoms with Crippen LogP contribution in [0.5, 0.6) is 0 Å². The fourth-order valence-electron chi connectivity index (χ4n) is 1.31. The second-order valence-corrected chi connectivity index (χ2v) is 4.88. The molecule has 0 radical (unpaired) electrons. The average Bonchev–Trinajstić information content (AvgIpc) is 2.84. The quantitative estimate of drug-likeness (QED) is 0.631. The van der Waals surface area contributed by atoms with Gasteiger partial charge in [-0.1, -0.05) is 0 Å². The molecule has 0 aliphatic rings. The van der Waals surface area contributed by atoms with E-state index in [9.17, 15) is 5.11 Å². The van der Waals surface area contributed by atoms with Gasteiger partial charge in [-0.15, -0.1) is 11.3 Å². The molecule has 0 aliphatic carbocycles. The first kappa shape index (κ1) is 11.3. The molecule has 0 aromatic carbocycles. The van der Waals surface area contributed by atoms with Gasteiger partial charge in [0.2, 0.25) is 0 Å². The number of aromatic nitrogens is 3. The lowest BCUT2D eigenvalue weighted by Crippen LogP contribution is -2.13. The maximum Gasteiger partial charge on any atom is 0.192 e. The molecule has 0 fully saturated rings. The number of aliphatic hydroxyl groups is 1. The fourth-order valence-corrected chi connectivity index (χ4v) is 2.14. The SMILES string of the molecule is Cc1sccc1NCC(O)c1n[nH]c(=S)[nH]1. The summed E-state index contributed by atoms with van der Waals surface area (Å²) in [5, 5.41) is 21.4. The molecule has 2 heterocycles. The molecule has 7 heteroatoms. The van der Waals surface area contributed by atoms with E-state index in [1.165, 1.54) is 4.88 Å². The number of nitrogens with zero attached hydrogens (tertiary/aromatic N) is 1. The molecule has 1 unspecified atom stereocenters. The number of anilines is 1. The summed E-state index contributed by atoms with van der Waals surface area (Å²) in [6.07, 6.45) is -0.702. The zero-order chi connectivity index (χ0) is 11.5. The van der Waals surface area contributed by atoms with E-state index in [0.29, 0.717) is 17.1 Å². The van der Waals surface area contributed by atoms with Crippen molar-refractivity contribution in [1.82, 2.24) is 15.2 Å². The van der Waals surface area contributed by atoms with Crippen molar-refractivity contribution in [1.29, 1.82) is 0 Å². The van der Waals surface area contributed by atoms with Crippen LogP contribution in [0.25, 0.3) is 0 Å². The molecule has 0 bridgehead atoms. The lowest BCUT2D eigenvalue weighted by molar-refractivity contribution is 0.182. The number of aryl methyl sites for hydroxylation is 1. The van der Waals surface area contributed by atoms with Crippen LogP contribution in [0.2, 0.25) is 0 Å². The normalized spacial score (nSPS) is 12.6. The summed E-state index contributed by atoms with van der Waals surface area (Å²) in [6, 6.07) is 1.99. The minimum Gasteiger partial charge on any atom is -0.383 e. The average molecular weight is 256 g/mol. The first-order valence-electron chi connectivity index (χ1n) is 4.77. The standard InChI is InChI=1S/C9H12N4OS2/c1-5-6(2-3-16-5)10-4-7(14)8-11-9(15)13-12-8/h2-3,7,10,14H,4H2,1H3,(H2,11,12,13,15). The number of aliphatic hydroxyl groups excluding tert-OH is 1. The minimum absolute atomic E-state index is 0.397. The van der Waals surface area contributed by atoms with E-state index in [2.05, 4.69) is 20.5 Å². The molecule has 0 spiro atoms. The van der Waals surface area contributed by atoms with E-state index in [4.69, 9.17) is 12.2 Å². The summed E-state index contributed by atoms with van der Waals surface area (Å²) in [4.78, 5) is 3.98. The highest BCUT2D eigenvalue weighted by atomic mass is 32.1. The highest BCUT2D eigenvalue weighted by molar-refractivity contribution is 7.71. The van der Waals surface area contributed by atoms with Crippen LogP contribution in [0, 0.1) is 11.7 Å². The molecular formula is C9H12N4OS2. The number of aromatic amines is 2. The second-order valence-electron chi connectivity index (χ2n) is 3.35. The number of thiophene rings is 1. The van der Waals surface area contributed by atoms with Gasteiger partial charge in [0, 0.05) is 17.1 Å². The van der Waals surface area contributed by atoms with Gasteiger partial charge < -0.3 is 15.4 Å². The Hall–Kier alpha value is -1.18. The van der Waals surface area contributed by atoms with Crippen molar-refractivity contribution in [3.63, 3.8) is 0 Å². The number of hydrogen-bond donors (Lipinski definition) is 4. The number of nitrogens with one attached hydrogen (secondary N) is 3. The van der Waals surface area contributed by atoms with Gasteiger partial charge in [-0.05, 0) is 30.6 Å². The maximum absolute atomic E-state index is 9.80. The van der Waals surface area contributed by atoms with Gasteiger partial charge in [0.05, 0.1) is 0 Å². The minimum atomic E-state index is -0.702. The molecule has 16 heavy (non-hydrogen) atoms. The first-order valence-corrected chi connectivity index (χ1v) is 6.06. The summed E-state index contributed by atoms with van der Waals surface area (Å²) < 4.78 is 0.417. The molecule has 4 N–H and O–H groups in total. The van der Waals surface area contributed by atoms with E-state index < -0.39 is 6.10 Å². The Morgan fingerprint density at radius 3 is 3.06 bits per heavy atom. The topological polar surface area (TPSA) is 76.7 Å². The molecule has 2 rings (SSSR count). The van der Waals surface area contributed by atoms with Crippen molar-refractivity contribution in [3.05, 3.63) is 26.9 Å². The zero-order valence-corrected chi connectivity index (χ0v) is 10.3. The summed E-state index contributed by atoms with van der Waals surface area (Å²) >= 11 is 6.50. The Kier molecular flexibility index (Phi) is 3.37. The summed E-state index contributed by atoms with van der Waals surface area (Å²) in [7, 11) is 0. The van der Waals surface area contributed by atoms with Crippen molar-refractivity contribution < 1.29 is 5.11 Å². The summed E-state index contributed by atoms with van der Waals surface area (Å²) in [5.41, 5.74) is 1.04. The molecular weight excluding hydrogens is 244 g/mol. The van der Waals surface area contributed by atoms with Gasteiger partial charge in [-0.3, -0.25) is 5.10 Å². The van der Waals surface area contributed by atoms with Gasteiger partial charge in [-0.2, -0.15) is 5.10 Å². The van der Waals surface area contributed by atoms with Crippen LogP contribution in [-0.4, -0.2) is 26.8 Å². The highest BCUT2D eigenvalue weighted by Gasteiger charge is 2.11. The largest absolute Gasteiger partial charge is 0.383 e. The van der Waals surface area contributed by atoms with Crippen LogP contribution >= 0.6 is 23.6 Å². The van der Waals surface area contributed by atoms with Crippen LogP contribution in [0.15, 0.2) is 11.4 Å². The van der Waals surface area contributed by atoms with E-state index in [0.717, 1.165) is 5.69 Å². The van der Waals surface area contributed by atoms with E-state index in [1.54, 1.807) is 11.3 Å². The smallest absolute Gasteiger partial charge is 0.192 e. The molecule has 0 saturated heterocycles. The molecule has 1 atom stereocenters. The predicted molar refractivity (Wildman–Crippen MR) is 66.3 cm³/mol. The van der Waals surface area contributed by atoms with E-state index in [-0.39, 0.29) is 0 Å². The number of hydrogen-bond acceptors (Lipinski definition) is 5. The van der Waals surface area contributed by atoms with Crippen molar-refractivity contribution >= 4 is 29.2 Å². The van der Waals surface area contributed by atoms with Crippen LogP contribution in [0.3, 0.4) is 0 Å². The van der Waals surface area contributed by atoms with Crippen molar-refractivity contribution in [2.75, 3.05) is 11.9 Å². The van der Waals surface area contributed by atoms with Crippen molar-refractivity contribution in [3.8, 4) is 0 Å². The monoisotopic (exact) mass is 256 g/mol. The van der Waals surface area contributed by atoms with E-state index >= 15 is 0 Å². The van der Waals surface area contributed by atoms with Crippen LogP contribution in [-0.2, 0) is 0 Å². The van der Waals surface area contributed by atoms with Crippen LogP contribution in [0.1, 0.15) is 16.8 Å². The van der Waals surface area contributed by atoms with Crippen LogP contribution < -0.4 is 5.32 Å². The molecule has 2 aromatic heterocycles. The molecule has 2 aromatic rings. The summed E-state index contributed by atoms with van der Waals surface area (Å²) in [5.74, 6) is 0.449. The van der Waals surface area contributed by atoms with Gasteiger partial charge in [0.25, 0.3) is 0 Å². The lowest BCUT2D eigenvalue weighted by Gasteiger charge is -2.09. The Morgan fingerprint density at radius 1 is 1.69 bits per heavy atom. The predicted octanol–water partition coefficient (Wildman–Crippen LogP) is 1.98. The lowest BCUT2D eigenvalue weighted by atomic mass is 10.3. The van der Waals surface area contributed by atoms with Crippen LogP contribution in [0.4, 0.5) is 5.69 Å². The molecule has 0 saturated carbocycles. The Bertz CT molecular complexity index is 515. The van der Waals surface area contributed by atoms with E-state index in [1.807, 2.05) is 18.4 Å². The third-order valence-corrected chi connectivity index (χ3v) is 3.22. The molecule has 0 amide bonds. The highest BCUT2D eigenvalue weighted by Crippen LogP contribution is 2.21. The van der Waals surface area contributed by atoms with Gasteiger partial charge in [0.15, 0.2) is 10.6 Å². The molecule has 86 valence electrons. The van der Waals surface area contributed by atoms with Gasteiger partial charge in [0.1, 0.15) is 6.10 Å². The second kappa shape index (κ2) is 4.77. The maximum atomic E-state index is 9.80. The summed E-state index contributed by atoms with van der Waals surface area (Å²) in [6.45, 7) is 2.43. The Balaban J connectivity index is 1.96. The Morgan fingerprint density at radius 2 is 2.50 bits per heavy atom. The number of H-pyrrole nitrogens is 2. The van der Waals surface area contributed by atoms with Gasteiger partial charge in [-0.25, -0.2) is 0 Å². The third-order valence-electron chi connectivity index (χ3n) is 2.18.